The lowest BCUT2D eigenvalue weighted by Crippen LogP contribution is -2.20. The number of hydrogen-bond acceptors (Lipinski definition) is 4. The second-order valence-electron chi connectivity index (χ2n) is 5.72. The van der Waals surface area contributed by atoms with E-state index in [0.29, 0.717) is 28.8 Å². The molecule has 1 heterocycles. The van der Waals surface area contributed by atoms with Gasteiger partial charge in [0.1, 0.15) is 12.1 Å². The summed E-state index contributed by atoms with van der Waals surface area (Å²) in [5.41, 5.74) is 1.98. The van der Waals surface area contributed by atoms with Gasteiger partial charge in [0, 0.05) is 16.3 Å². The summed E-state index contributed by atoms with van der Waals surface area (Å²) in [6.07, 6.45) is 1.51. The molecule has 0 fully saturated rings. The molecule has 0 aliphatic heterocycles. The second-order valence-corrected chi connectivity index (χ2v) is 6.53. The smallest absolute Gasteiger partial charge is 0.248 e. The van der Waals surface area contributed by atoms with Gasteiger partial charge in [0.2, 0.25) is 5.95 Å². The molecule has 3 rings (SSSR count). The summed E-state index contributed by atoms with van der Waals surface area (Å²) >= 11 is 11.3. The number of aromatic nitrogens is 3. The molecule has 0 atom stereocenters. The number of thiocarbonyl (C=S) groups is 1. The molecule has 1 aromatic heterocycles. The molecule has 0 aliphatic carbocycles. The topological polar surface area (TPSA) is 71.8 Å². The molecule has 9 heteroatoms. The van der Waals surface area contributed by atoms with E-state index in [9.17, 15) is 9.18 Å². The van der Waals surface area contributed by atoms with Crippen LogP contribution in [0.15, 0.2) is 48.8 Å². The van der Waals surface area contributed by atoms with Gasteiger partial charge in [0.05, 0.1) is 6.54 Å². The summed E-state index contributed by atoms with van der Waals surface area (Å²) in [6.45, 7) is 1.84. The molecule has 27 heavy (non-hydrogen) atoms. The Balaban J connectivity index is 1.62. The normalized spacial score (nSPS) is 10.5. The van der Waals surface area contributed by atoms with Crippen molar-refractivity contribution in [3.8, 4) is 0 Å². The minimum absolute atomic E-state index is 0.0302. The van der Waals surface area contributed by atoms with Crippen LogP contribution in [0.25, 0.3) is 0 Å². The summed E-state index contributed by atoms with van der Waals surface area (Å²) < 4.78 is 14.7. The highest BCUT2D eigenvalue weighted by atomic mass is 35.5. The van der Waals surface area contributed by atoms with E-state index in [1.165, 1.54) is 25.4 Å². The van der Waals surface area contributed by atoms with Crippen LogP contribution in [0, 0.1) is 5.82 Å². The maximum Gasteiger partial charge on any atom is 0.248 e. The average molecular weight is 404 g/mol. The van der Waals surface area contributed by atoms with Crippen molar-refractivity contribution >= 4 is 46.4 Å². The Hall–Kier alpha value is -2.84. The summed E-state index contributed by atoms with van der Waals surface area (Å²) in [6, 6.07) is 11.2. The van der Waals surface area contributed by atoms with Crippen molar-refractivity contribution < 1.29 is 9.18 Å². The van der Waals surface area contributed by atoms with Crippen molar-refractivity contribution in [3.63, 3.8) is 0 Å². The summed E-state index contributed by atoms with van der Waals surface area (Å²) in [4.78, 5) is 15.6. The quantitative estimate of drug-likeness (QED) is 0.493. The fraction of sp³-hybridized carbons (Fsp3) is 0.111. The SMILES string of the molecule is CC(=O)c1cccc(NC(=S)Nc2ncn(Cc3ccc(F)cc3Cl)n2)c1. The third kappa shape index (κ3) is 5.08. The van der Waals surface area contributed by atoms with E-state index in [1.54, 1.807) is 35.0 Å². The number of anilines is 2. The molecule has 0 radical (unpaired) electrons. The van der Waals surface area contributed by atoms with Gasteiger partial charge >= 0.3 is 0 Å². The largest absolute Gasteiger partial charge is 0.332 e. The lowest BCUT2D eigenvalue weighted by molar-refractivity contribution is 0.101. The van der Waals surface area contributed by atoms with Gasteiger partial charge in [-0.1, -0.05) is 29.8 Å². The number of carbonyl (C=O) groups excluding carboxylic acids is 1. The first kappa shape index (κ1) is 18.9. The summed E-state index contributed by atoms with van der Waals surface area (Å²) in [5, 5.41) is 10.7. The first-order valence-corrected chi connectivity index (χ1v) is 8.72. The number of halogens is 2. The highest BCUT2D eigenvalue weighted by Gasteiger charge is 2.08. The maximum absolute atomic E-state index is 13.1. The van der Waals surface area contributed by atoms with E-state index in [4.69, 9.17) is 23.8 Å². The van der Waals surface area contributed by atoms with Crippen LogP contribution in [0.4, 0.5) is 16.0 Å². The molecule has 0 unspecified atom stereocenters. The standard InChI is InChI=1S/C18H15ClFN5OS/c1-11(26)12-3-2-4-15(7-12)22-18(27)23-17-21-10-25(24-17)9-13-5-6-14(20)8-16(13)19/h2-8,10H,9H2,1H3,(H2,22,23,24,27). The van der Waals surface area contributed by atoms with E-state index in [1.807, 2.05) is 0 Å². The zero-order valence-electron chi connectivity index (χ0n) is 14.2. The molecule has 0 amide bonds. The fourth-order valence-corrected chi connectivity index (χ4v) is 2.77. The number of Topliss-reactive ketones (excluding diaryl/α,β-unsaturated/α-hetero) is 1. The lowest BCUT2D eigenvalue weighted by atomic mass is 10.1. The van der Waals surface area contributed by atoms with Crippen LogP contribution in [0.1, 0.15) is 22.8 Å². The minimum Gasteiger partial charge on any atom is -0.332 e. The fourth-order valence-electron chi connectivity index (χ4n) is 2.33. The van der Waals surface area contributed by atoms with Gasteiger partial charge in [-0.15, -0.1) is 5.10 Å². The molecule has 6 nitrogen and oxygen atoms in total. The van der Waals surface area contributed by atoms with Gasteiger partial charge in [0.15, 0.2) is 10.9 Å². The maximum atomic E-state index is 13.1. The molecule has 0 spiro atoms. The molecule has 2 N–H and O–H groups in total. The van der Waals surface area contributed by atoms with Crippen LogP contribution in [0.2, 0.25) is 5.02 Å². The van der Waals surface area contributed by atoms with Crippen LogP contribution in [-0.4, -0.2) is 25.7 Å². The Kier molecular flexibility index (Phi) is 5.78. The zero-order chi connectivity index (χ0) is 19.4. The van der Waals surface area contributed by atoms with Crippen LogP contribution >= 0.6 is 23.8 Å². The molecule has 0 bridgehead atoms. The average Bonchev–Trinajstić information content (AvgIpc) is 3.04. The molecule has 0 saturated carbocycles. The summed E-state index contributed by atoms with van der Waals surface area (Å²) in [5.74, 6) is -0.124. The van der Waals surface area contributed by atoms with Crippen molar-refractivity contribution in [1.29, 1.82) is 0 Å². The second kappa shape index (κ2) is 8.24. The van der Waals surface area contributed by atoms with Crippen LogP contribution in [-0.2, 0) is 6.54 Å². The van der Waals surface area contributed by atoms with Gasteiger partial charge in [-0.25, -0.2) is 14.1 Å². The summed E-state index contributed by atoms with van der Waals surface area (Å²) in [7, 11) is 0. The first-order chi connectivity index (χ1) is 12.9. The van der Waals surface area contributed by atoms with Crippen molar-refractivity contribution in [2.45, 2.75) is 13.5 Å². The third-order valence-corrected chi connectivity index (χ3v) is 4.19. The van der Waals surface area contributed by atoms with Crippen LogP contribution in [0.3, 0.4) is 0 Å². The van der Waals surface area contributed by atoms with E-state index in [-0.39, 0.29) is 10.9 Å². The number of nitrogens with one attached hydrogen (secondary N) is 2. The Morgan fingerprint density at radius 2 is 2.07 bits per heavy atom. The van der Waals surface area contributed by atoms with Gasteiger partial charge in [-0.2, -0.15) is 0 Å². The Morgan fingerprint density at radius 1 is 1.26 bits per heavy atom. The van der Waals surface area contributed by atoms with Crippen molar-refractivity contribution in [1.82, 2.24) is 14.8 Å². The highest BCUT2D eigenvalue weighted by molar-refractivity contribution is 7.80. The number of ketones is 1. The van der Waals surface area contributed by atoms with Gasteiger partial charge in [-0.05, 0) is 49.0 Å². The third-order valence-electron chi connectivity index (χ3n) is 3.64. The van der Waals surface area contributed by atoms with Crippen LogP contribution in [0.5, 0.6) is 0 Å². The number of carbonyl (C=O) groups is 1. The Bertz CT molecular complexity index is 1010. The van der Waals surface area contributed by atoms with Gasteiger partial charge in [-0.3, -0.25) is 10.1 Å². The van der Waals surface area contributed by atoms with Crippen LogP contribution < -0.4 is 10.6 Å². The van der Waals surface area contributed by atoms with E-state index < -0.39 is 5.82 Å². The monoisotopic (exact) mass is 403 g/mol. The minimum atomic E-state index is -0.394. The molecule has 138 valence electrons. The van der Waals surface area contributed by atoms with Crippen molar-refractivity contribution in [2.75, 3.05) is 10.6 Å². The molecule has 3 aromatic rings. The van der Waals surface area contributed by atoms with Crippen molar-refractivity contribution in [3.05, 3.63) is 70.8 Å². The number of rotatable bonds is 5. The number of nitrogens with zero attached hydrogens (tertiary/aromatic N) is 3. The number of hydrogen-bond donors (Lipinski definition) is 2. The molecular formula is C18H15ClFN5OS. The molecular weight excluding hydrogens is 389 g/mol. The molecule has 2 aromatic carbocycles. The zero-order valence-corrected chi connectivity index (χ0v) is 15.8. The molecule has 0 saturated heterocycles. The highest BCUT2D eigenvalue weighted by Crippen LogP contribution is 2.18. The Morgan fingerprint density at radius 3 is 2.81 bits per heavy atom. The van der Waals surface area contributed by atoms with E-state index in [0.717, 1.165) is 5.56 Å². The van der Waals surface area contributed by atoms with Crippen molar-refractivity contribution in [2.24, 2.45) is 0 Å². The number of benzene rings is 2. The van der Waals surface area contributed by atoms with E-state index >= 15 is 0 Å². The lowest BCUT2D eigenvalue weighted by Gasteiger charge is -2.08. The predicted molar refractivity (Wildman–Crippen MR) is 107 cm³/mol. The molecule has 0 aliphatic rings. The van der Waals surface area contributed by atoms with E-state index in [2.05, 4.69) is 20.7 Å². The predicted octanol–water partition coefficient (Wildman–Crippen LogP) is 4.13. The van der Waals surface area contributed by atoms with Gasteiger partial charge in [0.25, 0.3) is 0 Å². The first-order valence-electron chi connectivity index (χ1n) is 7.93. The van der Waals surface area contributed by atoms with Gasteiger partial charge < -0.3 is 5.32 Å². The Labute approximate surface area is 165 Å².